The molecular weight excluding hydrogens is 416 g/mol. The SMILES string of the molecule is CCOc1cccc(CNC(=O)CCC2=NNC3C4CC(c5ccccc5)NN4C=CN23)c1. The maximum Gasteiger partial charge on any atom is 0.220 e. The maximum absolute atomic E-state index is 12.5. The molecule has 1 fully saturated rings. The van der Waals surface area contributed by atoms with Gasteiger partial charge in [-0.3, -0.25) is 10.2 Å². The first kappa shape index (κ1) is 21.3. The van der Waals surface area contributed by atoms with Crippen LogP contribution in [0.1, 0.15) is 43.4 Å². The van der Waals surface area contributed by atoms with Crippen LogP contribution >= 0.6 is 0 Å². The minimum atomic E-state index is 0.0113. The molecule has 3 unspecified atom stereocenters. The number of hydrogen-bond donors (Lipinski definition) is 3. The van der Waals surface area contributed by atoms with Gasteiger partial charge in [0, 0.05) is 31.8 Å². The van der Waals surface area contributed by atoms with Gasteiger partial charge in [-0.25, -0.2) is 5.43 Å². The lowest BCUT2D eigenvalue weighted by atomic mass is 10.00. The highest BCUT2D eigenvalue weighted by molar-refractivity contribution is 5.89. The quantitative estimate of drug-likeness (QED) is 0.579. The Balaban J connectivity index is 1.12. The molecule has 5 rings (SSSR count). The number of amides is 1. The largest absolute Gasteiger partial charge is 0.494 e. The second-order valence-corrected chi connectivity index (χ2v) is 8.47. The molecule has 8 heteroatoms. The van der Waals surface area contributed by atoms with Crippen molar-refractivity contribution in [1.29, 1.82) is 0 Å². The van der Waals surface area contributed by atoms with Gasteiger partial charge < -0.3 is 20.0 Å². The van der Waals surface area contributed by atoms with Crippen LogP contribution in [0.25, 0.3) is 0 Å². The monoisotopic (exact) mass is 446 g/mol. The van der Waals surface area contributed by atoms with Crippen molar-refractivity contribution >= 4 is 11.7 Å². The molecule has 1 amide bonds. The molecule has 3 aliphatic heterocycles. The summed E-state index contributed by atoms with van der Waals surface area (Å²) in [7, 11) is 0. The minimum Gasteiger partial charge on any atom is -0.494 e. The predicted octanol–water partition coefficient (Wildman–Crippen LogP) is 2.83. The van der Waals surface area contributed by atoms with Crippen molar-refractivity contribution in [1.82, 2.24) is 26.1 Å². The van der Waals surface area contributed by atoms with Gasteiger partial charge in [0.15, 0.2) is 0 Å². The van der Waals surface area contributed by atoms with Crippen LogP contribution in [0.3, 0.4) is 0 Å². The third-order valence-corrected chi connectivity index (χ3v) is 6.29. The summed E-state index contributed by atoms with van der Waals surface area (Å²) in [4.78, 5) is 14.6. The number of hydrazine groups is 1. The highest BCUT2D eigenvalue weighted by Crippen LogP contribution is 2.34. The fourth-order valence-corrected chi connectivity index (χ4v) is 4.64. The molecule has 2 aromatic rings. The number of rotatable bonds is 8. The van der Waals surface area contributed by atoms with E-state index in [2.05, 4.69) is 61.6 Å². The molecule has 3 aliphatic rings. The fourth-order valence-electron chi connectivity index (χ4n) is 4.64. The molecule has 2 aromatic carbocycles. The van der Waals surface area contributed by atoms with Crippen molar-refractivity contribution in [3.8, 4) is 5.75 Å². The average Bonchev–Trinajstić information content (AvgIpc) is 3.46. The molecule has 1 saturated heterocycles. The van der Waals surface area contributed by atoms with Crippen LogP contribution in [0.15, 0.2) is 72.1 Å². The summed E-state index contributed by atoms with van der Waals surface area (Å²) in [5.74, 6) is 1.73. The summed E-state index contributed by atoms with van der Waals surface area (Å²) < 4.78 is 5.52. The van der Waals surface area contributed by atoms with Gasteiger partial charge in [-0.1, -0.05) is 42.5 Å². The third kappa shape index (κ3) is 4.66. The molecule has 3 heterocycles. The molecule has 3 atom stereocenters. The van der Waals surface area contributed by atoms with E-state index in [4.69, 9.17) is 4.74 Å². The molecule has 3 N–H and O–H groups in total. The van der Waals surface area contributed by atoms with Crippen molar-refractivity contribution in [3.63, 3.8) is 0 Å². The number of carbonyl (C=O) groups excluding carboxylic acids is 1. The summed E-state index contributed by atoms with van der Waals surface area (Å²) in [6.07, 6.45) is 6.13. The van der Waals surface area contributed by atoms with Crippen molar-refractivity contribution in [2.24, 2.45) is 5.10 Å². The molecule has 0 bridgehead atoms. The smallest absolute Gasteiger partial charge is 0.220 e. The molecule has 0 aliphatic carbocycles. The Hall–Kier alpha value is -3.52. The molecule has 33 heavy (non-hydrogen) atoms. The molecule has 8 nitrogen and oxygen atoms in total. The van der Waals surface area contributed by atoms with E-state index >= 15 is 0 Å². The first-order valence-electron chi connectivity index (χ1n) is 11.6. The van der Waals surface area contributed by atoms with Crippen LogP contribution in [-0.2, 0) is 11.3 Å². The normalized spacial score (nSPS) is 22.9. The van der Waals surface area contributed by atoms with Crippen LogP contribution in [0.4, 0.5) is 0 Å². The highest BCUT2D eigenvalue weighted by atomic mass is 16.5. The Morgan fingerprint density at radius 1 is 1.18 bits per heavy atom. The van der Waals surface area contributed by atoms with Gasteiger partial charge in [0.25, 0.3) is 0 Å². The van der Waals surface area contributed by atoms with Crippen LogP contribution in [0.5, 0.6) is 5.75 Å². The molecule has 0 radical (unpaired) electrons. The first-order valence-corrected chi connectivity index (χ1v) is 11.6. The van der Waals surface area contributed by atoms with Gasteiger partial charge in [-0.2, -0.15) is 5.10 Å². The molecule has 0 spiro atoms. The van der Waals surface area contributed by atoms with E-state index < -0.39 is 0 Å². The van der Waals surface area contributed by atoms with Crippen molar-refractivity contribution < 1.29 is 9.53 Å². The summed E-state index contributed by atoms with van der Waals surface area (Å²) in [5.41, 5.74) is 9.18. The Morgan fingerprint density at radius 2 is 2.06 bits per heavy atom. The van der Waals surface area contributed by atoms with Gasteiger partial charge >= 0.3 is 0 Å². The number of nitrogens with one attached hydrogen (secondary N) is 3. The number of carbonyl (C=O) groups is 1. The lowest BCUT2D eigenvalue weighted by Gasteiger charge is -2.37. The van der Waals surface area contributed by atoms with Crippen LogP contribution in [0, 0.1) is 0 Å². The Kier molecular flexibility index (Phi) is 6.17. The Labute approximate surface area is 194 Å². The van der Waals surface area contributed by atoms with E-state index in [0.717, 1.165) is 23.6 Å². The second-order valence-electron chi connectivity index (χ2n) is 8.47. The van der Waals surface area contributed by atoms with E-state index in [-0.39, 0.29) is 24.2 Å². The highest BCUT2D eigenvalue weighted by Gasteiger charge is 2.43. The molecule has 0 saturated carbocycles. The predicted molar refractivity (Wildman–Crippen MR) is 127 cm³/mol. The number of amidine groups is 1. The number of nitrogens with zero attached hydrogens (tertiary/aromatic N) is 3. The topological polar surface area (TPSA) is 81.2 Å². The lowest BCUT2D eigenvalue weighted by Crippen LogP contribution is -2.54. The summed E-state index contributed by atoms with van der Waals surface area (Å²) >= 11 is 0. The van der Waals surface area contributed by atoms with E-state index in [0.29, 0.717) is 26.0 Å². The van der Waals surface area contributed by atoms with Crippen LogP contribution in [-0.4, -0.2) is 40.5 Å². The second kappa shape index (κ2) is 9.54. The van der Waals surface area contributed by atoms with Crippen LogP contribution in [0.2, 0.25) is 0 Å². The van der Waals surface area contributed by atoms with Crippen molar-refractivity contribution in [2.75, 3.05) is 6.61 Å². The Morgan fingerprint density at radius 3 is 2.91 bits per heavy atom. The minimum absolute atomic E-state index is 0.0113. The van der Waals surface area contributed by atoms with E-state index in [9.17, 15) is 4.79 Å². The first-order chi connectivity index (χ1) is 16.2. The van der Waals surface area contributed by atoms with Gasteiger partial charge in [0.05, 0.1) is 18.7 Å². The number of fused-ring (bicyclic) bond motifs is 3. The number of benzene rings is 2. The van der Waals surface area contributed by atoms with Gasteiger partial charge in [0.1, 0.15) is 17.8 Å². The van der Waals surface area contributed by atoms with Crippen molar-refractivity contribution in [2.45, 2.75) is 51.0 Å². The van der Waals surface area contributed by atoms with Crippen molar-refractivity contribution in [3.05, 3.63) is 78.1 Å². The zero-order valence-electron chi connectivity index (χ0n) is 18.8. The number of hydrogen-bond acceptors (Lipinski definition) is 7. The maximum atomic E-state index is 12.5. The summed E-state index contributed by atoms with van der Waals surface area (Å²) in [6.45, 7) is 3.07. The van der Waals surface area contributed by atoms with Gasteiger partial charge in [-0.15, -0.1) is 0 Å². The Bertz CT molecular complexity index is 1040. The lowest BCUT2D eigenvalue weighted by molar-refractivity contribution is -0.121. The average molecular weight is 447 g/mol. The standard InChI is InChI=1S/C25H30N6O2/c1-2-33-20-10-6-7-18(15-20)17-26-24(32)12-11-23-27-28-25-22-16-21(19-8-4-3-5-9-19)29-31(22)14-13-30(23)25/h3-10,13-15,21-22,25,28-29H,2,11-12,16-17H2,1H3,(H,26,32). The zero-order chi connectivity index (χ0) is 22.6. The molecular formula is C25H30N6O2. The summed E-state index contributed by atoms with van der Waals surface area (Å²) in [5, 5.41) is 9.73. The third-order valence-electron chi connectivity index (χ3n) is 6.29. The van der Waals surface area contributed by atoms with Gasteiger partial charge in [0.2, 0.25) is 5.91 Å². The fraction of sp³-hybridized carbons (Fsp3) is 0.360. The van der Waals surface area contributed by atoms with Crippen LogP contribution < -0.4 is 20.9 Å². The van der Waals surface area contributed by atoms with E-state index in [1.165, 1.54) is 5.56 Å². The van der Waals surface area contributed by atoms with Gasteiger partial charge in [-0.05, 0) is 36.6 Å². The molecule has 0 aromatic heterocycles. The van der Waals surface area contributed by atoms with E-state index in [1.807, 2.05) is 43.5 Å². The number of hydrazone groups is 1. The summed E-state index contributed by atoms with van der Waals surface area (Å²) in [6, 6.07) is 18.9. The zero-order valence-corrected chi connectivity index (χ0v) is 18.8. The number of ether oxygens (including phenoxy) is 1. The molecule has 172 valence electrons. The van der Waals surface area contributed by atoms with E-state index in [1.54, 1.807) is 0 Å².